The summed E-state index contributed by atoms with van der Waals surface area (Å²) in [7, 11) is -7.23. The molecule has 2 aliphatic heterocycles. The predicted molar refractivity (Wildman–Crippen MR) is 172 cm³/mol. The highest BCUT2D eigenvalue weighted by molar-refractivity contribution is 7.91. The Labute approximate surface area is 277 Å². The molecule has 0 spiro atoms. The first-order chi connectivity index (χ1) is 22.7. The number of hydrogen-bond acceptors (Lipinski definition) is 7. The number of pyridine rings is 1. The number of anilines is 1. The molecular weight excluding hydrogens is 675 g/mol. The Kier molecular flexibility index (Phi) is 11.2. The molecule has 2 N–H and O–H groups in total. The maximum atomic E-state index is 15.2. The van der Waals surface area contributed by atoms with Crippen molar-refractivity contribution < 1.29 is 39.2 Å². The maximum Gasteiger partial charge on any atom is 0.282 e. The van der Waals surface area contributed by atoms with E-state index in [1.165, 1.54) is 39.1 Å². The van der Waals surface area contributed by atoms with Gasteiger partial charge < -0.3 is 10.6 Å². The lowest BCUT2D eigenvalue weighted by Crippen LogP contribution is -2.58. The Hall–Kier alpha value is -3.44. The molecule has 3 aromatic rings. The molecule has 0 bridgehead atoms. The van der Waals surface area contributed by atoms with Crippen LogP contribution in [0.4, 0.5) is 23.2 Å². The number of rotatable bonds is 11. The van der Waals surface area contributed by atoms with Gasteiger partial charge in [0.2, 0.25) is 5.91 Å². The van der Waals surface area contributed by atoms with Crippen LogP contribution in [0.1, 0.15) is 48.3 Å². The molecule has 260 valence electrons. The molecule has 0 unspecified atom stereocenters. The van der Waals surface area contributed by atoms with Gasteiger partial charge in [0.15, 0.2) is 0 Å². The minimum Gasteiger partial charge on any atom is -0.324 e. The van der Waals surface area contributed by atoms with Crippen LogP contribution in [-0.4, -0.2) is 86.6 Å². The van der Waals surface area contributed by atoms with Crippen molar-refractivity contribution in [2.45, 2.75) is 49.3 Å². The van der Waals surface area contributed by atoms with Gasteiger partial charge in [0, 0.05) is 69.0 Å². The molecule has 10 nitrogen and oxygen atoms in total. The molecule has 2 saturated heterocycles. The number of nitrogens with one attached hydrogen (secondary N) is 2. The number of amides is 1. The summed E-state index contributed by atoms with van der Waals surface area (Å²) >= 11 is 0. The van der Waals surface area contributed by atoms with E-state index < -0.39 is 66.4 Å². The summed E-state index contributed by atoms with van der Waals surface area (Å²) in [5, 5.41) is 5.23. The van der Waals surface area contributed by atoms with Crippen LogP contribution in [0.25, 0.3) is 0 Å². The number of nitrogens with zero attached hydrogens (tertiary/aromatic N) is 3. The highest BCUT2D eigenvalue weighted by atomic mass is 32.2. The lowest BCUT2D eigenvalue weighted by Gasteiger charge is -2.40. The molecule has 3 heterocycles. The number of sulfone groups is 1. The number of halogens is 4. The highest BCUT2D eigenvalue weighted by Gasteiger charge is 2.39. The smallest absolute Gasteiger partial charge is 0.282 e. The largest absolute Gasteiger partial charge is 0.324 e. The van der Waals surface area contributed by atoms with Gasteiger partial charge in [-0.05, 0) is 61.1 Å². The highest BCUT2D eigenvalue weighted by Crippen LogP contribution is 2.31. The normalized spacial score (nSPS) is 19.2. The van der Waals surface area contributed by atoms with Gasteiger partial charge in [0.25, 0.3) is 10.2 Å². The molecule has 2 fully saturated rings. The lowest BCUT2D eigenvalue weighted by molar-refractivity contribution is -0.116. The quantitative estimate of drug-likeness (QED) is 0.290. The molecular formula is C32H37F4N5O5S2. The Morgan fingerprint density at radius 2 is 1.60 bits per heavy atom. The molecule has 5 rings (SSSR count). The first-order valence-electron chi connectivity index (χ1n) is 15.5. The Morgan fingerprint density at radius 1 is 0.938 bits per heavy atom. The molecule has 16 heteroatoms. The number of carbonyl (C=O) groups excluding carboxylic acids is 1. The molecule has 1 aromatic heterocycles. The van der Waals surface area contributed by atoms with Gasteiger partial charge in [0.05, 0.1) is 23.3 Å². The minimum atomic E-state index is -3.94. The van der Waals surface area contributed by atoms with Crippen molar-refractivity contribution in [1.29, 1.82) is 0 Å². The summed E-state index contributed by atoms with van der Waals surface area (Å²) in [6.45, 7) is 1.04. The fourth-order valence-corrected chi connectivity index (χ4v) is 9.27. The number of piperazine rings is 1. The second kappa shape index (κ2) is 15.0. The average molecular weight is 712 g/mol. The van der Waals surface area contributed by atoms with E-state index in [-0.39, 0.29) is 68.6 Å². The van der Waals surface area contributed by atoms with Gasteiger partial charge in [-0.15, -0.1) is 0 Å². The summed E-state index contributed by atoms with van der Waals surface area (Å²) in [5.41, 5.74) is 0.744. The van der Waals surface area contributed by atoms with Crippen LogP contribution in [0.5, 0.6) is 0 Å². The lowest BCUT2D eigenvalue weighted by atomic mass is 9.88. The van der Waals surface area contributed by atoms with Gasteiger partial charge in [-0.2, -0.15) is 17.0 Å². The van der Waals surface area contributed by atoms with Crippen molar-refractivity contribution >= 4 is 31.6 Å². The van der Waals surface area contributed by atoms with E-state index in [0.29, 0.717) is 24.7 Å². The molecule has 0 aliphatic carbocycles. The SMILES string of the molecule is CS(=O)(=O)C1CCN(S(=O)(=O)N2CCNC[C@@H]2CCc2c(F)cncc2NC(=O)C[C@@H](c2ccc(F)cc2)c2cc(F)cc(F)c2)CC1. The standard InChI is InChI=1S/C32H37F4N5O5S2/c1-47(43,44)27-8-11-40(12-9-27)48(45,46)41-13-10-37-18-26(41)6-7-28-30(36)19-38-20-31(28)39-32(42)17-29(21-2-4-23(33)5-3-21)22-14-24(34)16-25(35)15-22/h2-5,14-16,19-20,26-27,29,37H,6-13,17-18H2,1H3,(H,39,42)/t26-,29-/m0/s1. The van der Waals surface area contributed by atoms with E-state index in [1.54, 1.807) is 0 Å². The molecule has 1 amide bonds. The zero-order chi connectivity index (χ0) is 34.6. The van der Waals surface area contributed by atoms with Crippen molar-refractivity contribution in [3.8, 4) is 0 Å². The zero-order valence-electron chi connectivity index (χ0n) is 26.2. The van der Waals surface area contributed by atoms with Crippen LogP contribution >= 0.6 is 0 Å². The van der Waals surface area contributed by atoms with Gasteiger partial charge in [-0.1, -0.05) is 12.1 Å². The van der Waals surface area contributed by atoms with Crippen LogP contribution in [0.2, 0.25) is 0 Å². The Balaban J connectivity index is 1.30. The number of carbonyl (C=O) groups is 1. The maximum absolute atomic E-state index is 15.2. The third-order valence-electron chi connectivity index (χ3n) is 8.88. The molecule has 0 saturated carbocycles. The summed E-state index contributed by atoms with van der Waals surface area (Å²) in [6.07, 6.45) is 3.72. The molecule has 2 aliphatic rings. The van der Waals surface area contributed by atoms with E-state index in [9.17, 15) is 34.8 Å². The Bertz CT molecular complexity index is 1820. The summed E-state index contributed by atoms with van der Waals surface area (Å²) in [6, 6.07) is 7.49. The summed E-state index contributed by atoms with van der Waals surface area (Å²) < 4.78 is 111. The van der Waals surface area contributed by atoms with E-state index in [4.69, 9.17) is 0 Å². The number of aromatic nitrogens is 1. The molecule has 48 heavy (non-hydrogen) atoms. The zero-order valence-corrected chi connectivity index (χ0v) is 27.8. The number of piperidine rings is 1. The summed E-state index contributed by atoms with van der Waals surface area (Å²) in [5.74, 6) is -4.42. The van der Waals surface area contributed by atoms with Gasteiger partial charge in [-0.25, -0.2) is 26.0 Å². The summed E-state index contributed by atoms with van der Waals surface area (Å²) in [4.78, 5) is 17.2. The second-order valence-electron chi connectivity index (χ2n) is 12.1. The topological polar surface area (TPSA) is 129 Å². The van der Waals surface area contributed by atoms with E-state index in [1.807, 2.05) is 0 Å². The molecule has 2 atom stereocenters. The van der Waals surface area contributed by atoms with E-state index >= 15 is 4.39 Å². The van der Waals surface area contributed by atoms with Gasteiger partial charge in [0.1, 0.15) is 33.1 Å². The van der Waals surface area contributed by atoms with Gasteiger partial charge >= 0.3 is 0 Å². The Morgan fingerprint density at radius 3 is 2.25 bits per heavy atom. The van der Waals surface area contributed by atoms with Crippen LogP contribution in [-0.2, 0) is 31.3 Å². The van der Waals surface area contributed by atoms with Crippen molar-refractivity contribution in [3.63, 3.8) is 0 Å². The number of benzene rings is 2. The van der Waals surface area contributed by atoms with Crippen molar-refractivity contribution in [3.05, 3.63) is 94.8 Å². The van der Waals surface area contributed by atoms with Gasteiger partial charge in [-0.3, -0.25) is 9.78 Å². The van der Waals surface area contributed by atoms with E-state index in [2.05, 4.69) is 15.6 Å². The van der Waals surface area contributed by atoms with Crippen molar-refractivity contribution in [1.82, 2.24) is 18.9 Å². The van der Waals surface area contributed by atoms with Crippen LogP contribution in [0, 0.1) is 23.3 Å². The second-order valence-corrected chi connectivity index (χ2v) is 16.4. The van der Waals surface area contributed by atoms with Crippen molar-refractivity contribution in [2.24, 2.45) is 0 Å². The van der Waals surface area contributed by atoms with Crippen LogP contribution in [0.3, 0.4) is 0 Å². The first kappa shape index (κ1) is 35.9. The minimum absolute atomic E-state index is 0.0367. The van der Waals surface area contributed by atoms with E-state index in [0.717, 1.165) is 24.6 Å². The molecule has 2 aromatic carbocycles. The monoisotopic (exact) mass is 711 g/mol. The first-order valence-corrected chi connectivity index (χ1v) is 18.9. The average Bonchev–Trinajstić information content (AvgIpc) is 3.03. The van der Waals surface area contributed by atoms with Crippen LogP contribution < -0.4 is 10.6 Å². The number of hydrogen-bond donors (Lipinski definition) is 2. The fourth-order valence-electron chi connectivity index (χ4n) is 6.35. The third-order valence-corrected chi connectivity index (χ3v) is 12.7. The van der Waals surface area contributed by atoms with Crippen molar-refractivity contribution in [2.75, 3.05) is 44.3 Å². The van der Waals surface area contributed by atoms with Crippen LogP contribution in [0.15, 0.2) is 54.9 Å². The predicted octanol–water partition coefficient (Wildman–Crippen LogP) is 3.76. The fraction of sp³-hybridized carbons (Fsp3) is 0.438. The third kappa shape index (κ3) is 8.58. The molecule has 0 radical (unpaired) electrons.